The molecule has 1 aromatic heterocycles. The minimum Gasteiger partial charge on any atom is -0.352 e. The molecule has 1 N–H and O–H groups in total. The first-order valence-corrected chi connectivity index (χ1v) is 9.78. The number of thiophene rings is 1. The highest BCUT2D eigenvalue weighted by Crippen LogP contribution is 2.22. The van der Waals surface area contributed by atoms with Crippen LogP contribution in [0.5, 0.6) is 0 Å². The third kappa shape index (κ3) is 5.71. The molecular weight excluding hydrogens is 320 g/mol. The van der Waals surface area contributed by atoms with Crippen LogP contribution in [0.15, 0.2) is 6.07 Å². The molecule has 1 aliphatic heterocycles. The van der Waals surface area contributed by atoms with Crippen molar-refractivity contribution in [2.75, 3.05) is 19.6 Å². The molecular formula is C19H30N2O2S. The molecule has 2 heterocycles. The van der Waals surface area contributed by atoms with E-state index in [9.17, 15) is 9.59 Å². The summed E-state index contributed by atoms with van der Waals surface area (Å²) < 4.78 is 0. The summed E-state index contributed by atoms with van der Waals surface area (Å²) in [6.45, 7) is 11.4. The Bertz CT molecular complexity index is 582. The van der Waals surface area contributed by atoms with Crippen molar-refractivity contribution in [2.45, 2.75) is 59.4 Å². The SMILES string of the molecule is Cc1cc(C(=O)CCC(=O)N[C@@H](C)CN2CCC[C@@H](C)C2)c(C)s1. The molecule has 0 saturated carbocycles. The maximum Gasteiger partial charge on any atom is 0.220 e. The van der Waals surface area contributed by atoms with Gasteiger partial charge in [-0.3, -0.25) is 9.59 Å². The Hall–Kier alpha value is -1.20. The van der Waals surface area contributed by atoms with Crippen molar-refractivity contribution in [3.8, 4) is 0 Å². The minimum absolute atomic E-state index is 0.0227. The Morgan fingerprint density at radius 2 is 2.12 bits per heavy atom. The number of amides is 1. The fraction of sp³-hybridized carbons (Fsp3) is 0.684. The molecule has 0 radical (unpaired) electrons. The topological polar surface area (TPSA) is 49.4 Å². The first kappa shape index (κ1) is 19.1. The monoisotopic (exact) mass is 350 g/mol. The zero-order chi connectivity index (χ0) is 17.7. The van der Waals surface area contributed by atoms with Crippen LogP contribution in [-0.4, -0.2) is 42.3 Å². The van der Waals surface area contributed by atoms with Crippen molar-refractivity contribution in [3.05, 3.63) is 21.4 Å². The van der Waals surface area contributed by atoms with Crippen molar-refractivity contribution in [1.82, 2.24) is 10.2 Å². The van der Waals surface area contributed by atoms with Gasteiger partial charge in [0.25, 0.3) is 0 Å². The van der Waals surface area contributed by atoms with Gasteiger partial charge in [0.2, 0.25) is 5.91 Å². The number of likely N-dealkylation sites (tertiary alicyclic amines) is 1. The molecule has 1 aliphatic rings. The lowest BCUT2D eigenvalue weighted by Crippen LogP contribution is -2.45. The van der Waals surface area contributed by atoms with E-state index in [0.717, 1.165) is 40.9 Å². The number of nitrogens with one attached hydrogen (secondary N) is 1. The van der Waals surface area contributed by atoms with E-state index in [0.29, 0.717) is 0 Å². The molecule has 134 valence electrons. The summed E-state index contributed by atoms with van der Waals surface area (Å²) in [5, 5.41) is 3.04. The maximum atomic E-state index is 12.2. The van der Waals surface area contributed by atoms with E-state index in [-0.39, 0.29) is 30.6 Å². The quantitative estimate of drug-likeness (QED) is 0.765. The predicted molar refractivity (Wildman–Crippen MR) is 99.8 cm³/mol. The van der Waals surface area contributed by atoms with Gasteiger partial charge in [0.15, 0.2) is 5.78 Å². The van der Waals surface area contributed by atoms with E-state index in [1.54, 1.807) is 11.3 Å². The highest BCUT2D eigenvalue weighted by molar-refractivity contribution is 7.12. The molecule has 5 heteroatoms. The maximum absolute atomic E-state index is 12.2. The predicted octanol–water partition coefficient (Wildman–Crippen LogP) is 3.56. The van der Waals surface area contributed by atoms with Crippen LogP contribution >= 0.6 is 11.3 Å². The van der Waals surface area contributed by atoms with Gasteiger partial charge in [-0.15, -0.1) is 11.3 Å². The number of hydrogen-bond donors (Lipinski definition) is 1. The number of ketones is 1. The molecule has 24 heavy (non-hydrogen) atoms. The van der Waals surface area contributed by atoms with Crippen LogP contribution in [0.25, 0.3) is 0 Å². The summed E-state index contributed by atoms with van der Waals surface area (Å²) in [7, 11) is 0. The lowest BCUT2D eigenvalue weighted by molar-refractivity contribution is -0.121. The molecule has 0 spiro atoms. The van der Waals surface area contributed by atoms with Gasteiger partial charge in [-0.1, -0.05) is 6.92 Å². The third-order valence-corrected chi connectivity index (χ3v) is 5.57. The number of hydrogen-bond acceptors (Lipinski definition) is 4. The average Bonchev–Trinajstić information content (AvgIpc) is 2.83. The molecule has 1 fully saturated rings. The summed E-state index contributed by atoms with van der Waals surface area (Å²) >= 11 is 1.64. The van der Waals surface area contributed by atoms with Gasteiger partial charge in [0.05, 0.1) is 0 Å². The van der Waals surface area contributed by atoms with Crippen molar-refractivity contribution in [3.63, 3.8) is 0 Å². The number of Topliss-reactive ketones (excluding diaryl/α,β-unsaturated/α-hetero) is 1. The van der Waals surface area contributed by atoms with E-state index < -0.39 is 0 Å². The zero-order valence-corrected chi connectivity index (χ0v) is 16.2. The van der Waals surface area contributed by atoms with Gasteiger partial charge < -0.3 is 10.2 Å². The largest absolute Gasteiger partial charge is 0.352 e. The van der Waals surface area contributed by atoms with E-state index in [1.807, 2.05) is 26.8 Å². The van der Waals surface area contributed by atoms with Crippen molar-refractivity contribution in [2.24, 2.45) is 5.92 Å². The van der Waals surface area contributed by atoms with Gasteiger partial charge in [-0.2, -0.15) is 0 Å². The summed E-state index contributed by atoms with van der Waals surface area (Å²) in [6, 6.07) is 2.06. The Balaban J connectivity index is 1.72. The summed E-state index contributed by atoms with van der Waals surface area (Å²) in [5.74, 6) is 0.798. The number of aryl methyl sites for hydroxylation is 2. The van der Waals surface area contributed by atoms with Crippen molar-refractivity contribution >= 4 is 23.0 Å². The fourth-order valence-electron chi connectivity index (χ4n) is 3.50. The Morgan fingerprint density at radius 1 is 1.38 bits per heavy atom. The van der Waals surface area contributed by atoms with Crippen molar-refractivity contribution in [1.29, 1.82) is 0 Å². The highest BCUT2D eigenvalue weighted by Gasteiger charge is 2.19. The number of nitrogens with zero attached hydrogens (tertiary/aromatic N) is 1. The zero-order valence-electron chi connectivity index (χ0n) is 15.4. The van der Waals surface area contributed by atoms with Gasteiger partial charge >= 0.3 is 0 Å². The van der Waals surface area contributed by atoms with Crippen LogP contribution in [0.2, 0.25) is 0 Å². The second-order valence-corrected chi connectivity index (χ2v) is 8.69. The van der Waals surface area contributed by atoms with Crippen LogP contribution in [0, 0.1) is 19.8 Å². The van der Waals surface area contributed by atoms with Gasteiger partial charge in [0, 0.05) is 47.3 Å². The highest BCUT2D eigenvalue weighted by atomic mass is 32.1. The Morgan fingerprint density at radius 3 is 2.75 bits per heavy atom. The first-order chi connectivity index (χ1) is 11.3. The second-order valence-electron chi connectivity index (χ2n) is 7.23. The first-order valence-electron chi connectivity index (χ1n) is 8.97. The Labute approximate surface area is 149 Å². The lowest BCUT2D eigenvalue weighted by Gasteiger charge is -2.32. The number of piperidine rings is 1. The van der Waals surface area contributed by atoms with Crippen LogP contribution in [0.1, 0.15) is 59.6 Å². The van der Waals surface area contributed by atoms with Crippen LogP contribution in [0.4, 0.5) is 0 Å². The van der Waals surface area contributed by atoms with E-state index in [1.165, 1.54) is 12.8 Å². The van der Waals surface area contributed by atoms with Crippen LogP contribution in [0.3, 0.4) is 0 Å². The molecule has 0 aliphatic carbocycles. The molecule has 2 atom stereocenters. The van der Waals surface area contributed by atoms with E-state index >= 15 is 0 Å². The average molecular weight is 351 g/mol. The van der Waals surface area contributed by atoms with E-state index in [2.05, 4.69) is 17.1 Å². The third-order valence-electron chi connectivity index (χ3n) is 4.60. The standard InChI is InChI=1S/C19H30N2O2S/c1-13-6-5-9-21(11-13)12-14(2)20-19(23)8-7-18(22)17-10-15(3)24-16(17)4/h10,13-14H,5-9,11-12H2,1-4H3,(H,20,23)/t13-,14+/m1/s1. The summed E-state index contributed by atoms with van der Waals surface area (Å²) in [5.41, 5.74) is 0.778. The summed E-state index contributed by atoms with van der Waals surface area (Å²) in [4.78, 5) is 29.0. The van der Waals surface area contributed by atoms with E-state index in [4.69, 9.17) is 0 Å². The minimum atomic E-state index is -0.0227. The van der Waals surface area contributed by atoms with Crippen molar-refractivity contribution < 1.29 is 9.59 Å². The fourth-order valence-corrected chi connectivity index (χ4v) is 4.44. The normalized spacial score (nSPS) is 19.9. The van der Waals surface area contributed by atoms with Gasteiger partial charge in [0.1, 0.15) is 0 Å². The molecule has 1 aromatic rings. The number of carbonyl (C=O) groups excluding carboxylic acids is 2. The molecule has 0 unspecified atom stereocenters. The molecule has 1 saturated heterocycles. The summed E-state index contributed by atoms with van der Waals surface area (Å²) in [6.07, 6.45) is 3.11. The van der Waals surface area contributed by atoms with Crippen LogP contribution < -0.4 is 5.32 Å². The molecule has 0 aromatic carbocycles. The van der Waals surface area contributed by atoms with Crippen LogP contribution in [-0.2, 0) is 4.79 Å². The molecule has 2 rings (SSSR count). The molecule has 0 bridgehead atoms. The Kier molecular flexibility index (Phi) is 6.99. The number of rotatable bonds is 7. The second kappa shape index (κ2) is 8.77. The van der Waals surface area contributed by atoms with Gasteiger partial charge in [-0.05, 0) is 52.1 Å². The molecule has 1 amide bonds. The number of carbonyl (C=O) groups is 2. The molecule has 4 nitrogen and oxygen atoms in total. The lowest BCUT2D eigenvalue weighted by atomic mass is 10.00. The smallest absolute Gasteiger partial charge is 0.220 e. The van der Waals surface area contributed by atoms with Gasteiger partial charge in [-0.25, -0.2) is 0 Å².